The summed E-state index contributed by atoms with van der Waals surface area (Å²) in [6.45, 7) is 7.56. The van der Waals surface area contributed by atoms with Gasteiger partial charge in [0.1, 0.15) is 5.75 Å². The van der Waals surface area contributed by atoms with Crippen molar-refractivity contribution in [3.8, 4) is 5.75 Å². The molecule has 33 heavy (non-hydrogen) atoms. The van der Waals surface area contributed by atoms with Gasteiger partial charge in [-0.25, -0.2) is 0 Å². The van der Waals surface area contributed by atoms with Crippen molar-refractivity contribution >= 4 is 11.8 Å². The first-order valence-electron chi connectivity index (χ1n) is 11.1. The second-order valence-corrected chi connectivity index (χ2v) is 6.77. The van der Waals surface area contributed by atoms with Gasteiger partial charge in [0.2, 0.25) is 0 Å². The standard InChI is InChI=1S/C23H37NO9/c1-20(25)21-2-4-22(5-3-21)33-23(26)6-8-27-10-12-29-14-16-31-18-19-32-17-15-30-13-11-28-9-7-24/h2-5H,6-19,24H2,1H3. The van der Waals surface area contributed by atoms with Gasteiger partial charge in [0.05, 0.1) is 85.7 Å². The van der Waals surface area contributed by atoms with Crippen LogP contribution in [0.2, 0.25) is 0 Å². The monoisotopic (exact) mass is 471 g/mol. The van der Waals surface area contributed by atoms with Gasteiger partial charge >= 0.3 is 5.97 Å². The Balaban J connectivity index is 1.80. The van der Waals surface area contributed by atoms with Crippen molar-refractivity contribution in [2.45, 2.75) is 13.3 Å². The minimum absolute atomic E-state index is 0.0394. The second kappa shape index (κ2) is 20.7. The Morgan fingerprint density at radius 3 is 1.42 bits per heavy atom. The van der Waals surface area contributed by atoms with Crippen molar-refractivity contribution in [2.75, 3.05) is 85.8 Å². The maximum Gasteiger partial charge on any atom is 0.313 e. The summed E-state index contributed by atoms with van der Waals surface area (Å²) in [5, 5.41) is 0. The number of nitrogens with two attached hydrogens (primary N) is 1. The maximum atomic E-state index is 11.8. The lowest BCUT2D eigenvalue weighted by atomic mass is 10.1. The summed E-state index contributed by atoms with van der Waals surface area (Å²) in [7, 11) is 0. The molecule has 0 aromatic heterocycles. The van der Waals surface area contributed by atoms with Crippen LogP contribution in [-0.2, 0) is 33.2 Å². The average Bonchev–Trinajstić information content (AvgIpc) is 2.81. The van der Waals surface area contributed by atoms with Gasteiger partial charge in [-0.1, -0.05) is 0 Å². The number of hydrogen-bond acceptors (Lipinski definition) is 10. The van der Waals surface area contributed by atoms with Crippen LogP contribution >= 0.6 is 0 Å². The lowest BCUT2D eigenvalue weighted by Crippen LogP contribution is -2.15. The number of ketones is 1. The van der Waals surface area contributed by atoms with Gasteiger partial charge in [-0.15, -0.1) is 0 Å². The number of rotatable bonds is 22. The Labute approximate surface area is 195 Å². The molecule has 0 heterocycles. The zero-order chi connectivity index (χ0) is 24.0. The lowest BCUT2D eigenvalue weighted by molar-refractivity contribution is -0.135. The van der Waals surface area contributed by atoms with E-state index in [0.29, 0.717) is 90.5 Å². The molecule has 0 saturated carbocycles. The van der Waals surface area contributed by atoms with E-state index in [-0.39, 0.29) is 18.8 Å². The molecule has 0 radical (unpaired) electrons. The van der Waals surface area contributed by atoms with E-state index in [9.17, 15) is 9.59 Å². The molecule has 1 aromatic rings. The first-order valence-corrected chi connectivity index (χ1v) is 11.1. The third-order valence-electron chi connectivity index (χ3n) is 4.07. The molecule has 0 saturated heterocycles. The summed E-state index contributed by atoms with van der Waals surface area (Å²) >= 11 is 0. The van der Waals surface area contributed by atoms with Crippen LogP contribution in [0.5, 0.6) is 5.75 Å². The summed E-state index contributed by atoms with van der Waals surface area (Å²) < 4.78 is 37.2. The normalized spacial score (nSPS) is 11.0. The molecular formula is C23H37NO9. The van der Waals surface area contributed by atoms with Gasteiger partial charge in [-0.05, 0) is 31.2 Å². The van der Waals surface area contributed by atoms with Gasteiger partial charge in [0, 0.05) is 12.1 Å². The first-order chi connectivity index (χ1) is 16.1. The molecule has 1 rings (SSSR count). The number of benzene rings is 1. The van der Waals surface area contributed by atoms with Crippen LogP contribution < -0.4 is 10.5 Å². The number of carbonyl (C=O) groups excluding carboxylic acids is 2. The van der Waals surface area contributed by atoms with Gasteiger partial charge in [-0.2, -0.15) is 0 Å². The van der Waals surface area contributed by atoms with Crippen LogP contribution in [0, 0.1) is 0 Å². The molecule has 0 aliphatic carbocycles. The van der Waals surface area contributed by atoms with Crippen LogP contribution in [0.1, 0.15) is 23.7 Å². The van der Waals surface area contributed by atoms with Gasteiger partial charge < -0.3 is 38.9 Å². The molecule has 0 spiro atoms. The van der Waals surface area contributed by atoms with Crippen molar-refractivity contribution in [1.29, 1.82) is 0 Å². The summed E-state index contributed by atoms with van der Waals surface area (Å²) in [5.41, 5.74) is 5.88. The van der Waals surface area contributed by atoms with Crippen molar-refractivity contribution < 1.29 is 42.7 Å². The van der Waals surface area contributed by atoms with Gasteiger partial charge in [0.15, 0.2) is 5.78 Å². The highest BCUT2D eigenvalue weighted by Gasteiger charge is 2.06. The van der Waals surface area contributed by atoms with E-state index in [4.69, 9.17) is 38.9 Å². The Morgan fingerprint density at radius 1 is 0.636 bits per heavy atom. The molecule has 10 heteroatoms. The van der Waals surface area contributed by atoms with Crippen LogP contribution in [0.15, 0.2) is 24.3 Å². The zero-order valence-corrected chi connectivity index (χ0v) is 19.5. The number of Topliss-reactive ketones (excluding diaryl/α,β-unsaturated/α-hetero) is 1. The highest BCUT2D eigenvalue weighted by molar-refractivity contribution is 5.94. The van der Waals surface area contributed by atoms with Crippen molar-refractivity contribution in [3.05, 3.63) is 29.8 Å². The molecule has 0 fully saturated rings. The second-order valence-electron chi connectivity index (χ2n) is 6.77. The Bertz CT molecular complexity index is 625. The van der Waals surface area contributed by atoms with E-state index in [1.165, 1.54) is 6.92 Å². The van der Waals surface area contributed by atoms with E-state index >= 15 is 0 Å². The van der Waals surface area contributed by atoms with Gasteiger partial charge in [-0.3, -0.25) is 9.59 Å². The number of esters is 1. The van der Waals surface area contributed by atoms with E-state index in [1.807, 2.05) is 0 Å². The molecular weight excluding hydrogens is 434 g/mol. The topological polar surface area (TPSA) is 125 Å². The molecule has 0 aliphatic heterocycles. The van der Waals surface area contributed by atoms with Crippen LogP contribution in [0.3, 0.4) is 0 Å². The minimum Gasteiger partial charge on any atom is -0.426 e. The Hall–Kier alpha value is -1.92. The minimum atomic E-state index is -0.398. The van der Waals surface area contributed by atoms with E-state index in [2.05, 4.69) is 0 Å². The molecule has 10 nitrogen and oxygen atoms in total. The molecule has 188 valence electrons. The fraction of sp³-hybridized carbons (Fsp3) is 0.652. The predicted octanol–water partition coefficient (Wildman–Crippen LogP) is 1.24. The summed E-state index contributed by atoms with van der Waals surface area (Å²) in [4.78, 5) is 23.0. The summed E-state index contributed by atoms with van der Waals surface area (Å²) in [6, 6.07) is 6.42. The van der Waals surface area contributed by atoms with Crippen molar-refractivity contribution in [3.63, 3.8) is 0 Å². The van der Waals surface area contributed by atoms with Gasteiger partial charge in [0.25, 0.3) is 0 Å². The third kappa shape index (κ3) is 17.3. The fourth-order valence-corrected chi connectivity index (χ4v) is 2.38. The molecule has 0 bridgehead atoms. The Kier molecular flexibility index (Phi) is 18.2. The summed E-state index contributed by atoms with van der Waals surface area (Å²) in [6.07, 6.45) is 0.130. The van der Waals surface area contributed by atoms with Crippen LogP contribution in [0.25, 0.3) is 0 Å². The van der Waals surface area contributed by atoms with E-state index in [1.54, 1.807) is 24.3 Å². The maximum absolute atomic E-state index is 11.8. The van der Waals surface area contributed by atoms with Crippen LogP contribution in [0.4, 0.5) is 0 Å². The summed E-state index contributed by atoms with van der Waals surface area (Å²) in [5.74, 6) is -0.0380. The lowest BCUT2D eigenvalue weighted by Gasteiger charge is -2.08. The van der Waals surface area contributed by atoms with Crippen LogP contribution in [-0.4, -0.2) is 97.6 Å². The molecule has 0 aliphatic rings. The van der Waals surface area contributed by atoms with Crippen molar-refractivity contribution in [2.24, 2.45) is 5.73 Å². The number of hydrogen-bond donors (Lipinski definition) is 1. The molecule has 2 N–H and O–H groups in total. The van der Waals surface area contributed by atoms with E-state index < -0.39 is 5.97 Å². The quantitative estimate of drug-likeness (QED) is 0.114. The number of ether oxygens (including phenoxy) is 7. The molecule has 0 atom stereocenters. The highest BCUT2D eigenvalue weighted by atomic mass is 16.6. The SMILES string of the molecule is CC(=O)c1ccc(OC(=O)CCOCCOCCOCCOCCOCCOCCN)cc1. The zero-order valence-electron chi connectivity index (χ0n) is 19.5. The van der Waals surface area contributed by atoms with Crippen molar-refractivity contribution in [1.82, 2.24) is 0 Å². The third-order valence-corrected chi connectivity index (χ3v) is 4.07. The molecule has 0 amide bonds. The molecule has 0 unspecified atom stereocenters. The fourth-order valence-electron chi connectivity index (χ4n) is 2.38. The average molecular weight is 472 g/mol. The smallest absolute Gasteiger partial charge is 0.313 e. The Morgan fingerprint density at radius 2 is 1.03 bits per heavy atom. The van der Waals surface area contributed by atoms with E-state index in [0.717, 1.165) is 0 Å². The number of carbonyl (C=O) groups is 2. The first kappa shape index (κ1) is 29.1. The largest absolute Gasteiger partial charge is 0.426 e. The highest BCUT2D eigenvalue weighted by Crippen LogP contribution is 2.13. The predicted molar refractivity (Wildman–Crippen MR) is 121 cm³/mol. The molecule has 1 aromatic carbocycles.